The van der Waals surface area contributed by atoms with Crippen LogP contribution in [-0.4, -0.2) is 42.9 Å². The van der Waals surface area contributed by atoms with Crippen molar-refractivity contribution < 1.29 is 14.6 Å². The molecule has 1 heterocycles. The standard InChI is InChI=1S/C15H23NO3/c1-3-19-14-6-4-5-12(15(14)17)11-16(2)13-7-9-18-10-8-13/h4-6,13,17H,3,7-11H2,1-2H3. The third kappa shape index (κ3) is 3.61. The molecule has 0 saturated carbocycles. The maximum atomic E-state index is 10.2. The van der Waals surface area contributed by atoms with Gasteiger partial charge in [-0.05, 0) is 32.9 Å². The predicted octanol–water partition coefficient (Wildman–Crippen LogP) is 2.40. The van der Waals surface area contributed by atoms with Crippen molar-refractivity contribution in [3.8, 4) is 11.5 Å². The highest BCUT2D eigenvalue weighted by molar-refractivity contribution is 5.45. The zero-order valence-electron chi connectivity index (χ0n) is 11.8. The Morgan fingerprint density at radius 2 is 2.11 bits per heavy atom. The molecule has 1 saturated heterocycles. The van der Waals surface area contributed by atoms with Gasteiger partial charge < -0.3 is 14.6 Å². The van der Waals surface area contributed by atoms with Gasteiger partial charge in [0, 0.05) is 31.4 Å². The van der Waals surface area contributed by atoms with Crippen molar-refractivity contribution >= 4 is 0 Å². The van der Waals surface area contributed by atoms with Gasteiger partial charge in [-0.2, -0.15) is 0 Å². The summed E-state index contributed by atoms with van der Waals surface area (Å²) in [6.45, 7) is 4.88. The molecule has 1 aromatic rings. The van der Waals surface area contributed by atoms with Crippen LogP contribution < -0.4 is 4.74 Å². The average Bonchev–Trinajstić information content (AvgIpc) is 2.44. The van der Waals surface area contributed by atoms with Gasteiger partial charge in [0.2, 0.25) is 0 Å². The van der Waals surface area contributed by atoms with Crippen LogP contribution in [-0.2, 0) is 11.3 Å². The van der Waals surface area contributed by atoms with Gasteiger partial charge in [0.05, 0.1) is 6.61 Å². The number of aromatic hydroxyl groups is 1. The van der Waals surface area contributed by atoms with E-state index in [0.29, 0.717) is 18.4 Å². The van der Waals surface area contributed by atoms with Crippen LogP contribution in [0.3, 0.4) is 0 Å². The number of ether oxygens (including phenoxy) is 2. The summed E-state index contributed by atoms with van der Waals surface area (Å²) in [6, 6.07) is 6.21. The maximum absolute atomic E-state index is 10.2. The quantitative estimate of drug-likeness (QED) is 0.887. The first kappa shape index (κ1) is 14.2. The number of phenols is 1. The van der Waals surface area contributed by atoms with E-state index in [2.05, 4.69) is 11.9 Å². The molecule has 0 aromatic heterocycles. The summed E-state index contributed by atoms with van der Waals surface area (Å²) in [7, 11) is 2.10. The molecule has 0 unspecified atom stereocenters. The molecule has 4 heteroatoms. The van der Waals surface area contributed by atoms with Crippen molar-refractivity contribution in [3.05, 3.63) is 23.8 Å². The number of rotatable bonds is 5. The fourth-order valence-electron chi connectivity index (χ4n) is 2.49. The Morgan fingerprint density at radius 1 is 1.37 bits per heavy atom. The highest BCUT2D eigenvalue weighted by Gasteiger charge is 2.19. The highest BCUT2D eigenvalue weighted by Crippen LogP contribution is 2.31. The zero-order valence-corrected chi connectivity index (χ0v) is 11.8. The first-order valence-electron chi connectivity index (χ1n) is 6.94. The molecule has 0 amide bonds. The van der Waals surface area contributed by atoms with E-state index in [4.69, 9.17) is 9.47 Å². The molecular weight excluding hydrogens is 242 g/mol. The lowest BCUT2D eigenvalue weighted by Crippen LogP contribution is -2.36. The van der Waals surface area contributed by atoms with Gasteiger partial charge in [-0.3, -0.25) is 4.90 Å². The van der Waals surface area contributed by atoms with Crippen molar-refractivity contribution in [1.29, 1.82) is 0 Å². The first-order valence-corrected chi connectivity index (χ1v) is 6.94. The Bertz CT molecular complexity index is 402. The van der Waals surface area contributed by atoms with Crippen LogP contribution in [0.25, 0.3) is 0 Å². The van der Waals surface area contributed by atoms with E-state index in [1.165, 1.54) is 0 Å². The Kier molecular flexibility index (Phi) is 5.05. The minimum Gasteiger partial charge on any atom is -0.504 e. The fraction of sp³-hybridized carbons (Fsp3) is 0.600. The van der Waals surface area contributed by atoms with Gasteiger partial charge in [0.1, 0.15) is 0 Å². The average molecular weight is 265 g/mol. The van der Waals surface area contributed by atoms with Gasteiger partial charge in [-0.1, -0.05) is 12.1 Å². The monoisotopic (exact) mass is 265 g/mol. The summed E-state index contributed by atoms with van der Waals surface area (Å²) in [4.78, 5) is 2.29. The van der Waals surface area contributed by atoms with Crippen LogP contribution >= 0.6 is 0 Å². The lowest BCUT2D eigenvalue weighted by atomic mass is 10.1. The van der Waals surface area contributed by atoms with E-state index < -0.39 is 0 Å². The number of hydrogen-bond donors (Lipinski definition) is 1. The molecule has 1 aliphatic rings. The third-order valence-corrected chi connectivity index (χ3v) is 3.62. The molecule has 0 aliphatic carbocycles. The minimum absolute atomic E-state index is 0.267. The van der Waals surface area contributed by atoms with Crippen LogP contribution in [0.5, 0.6) is 11.5 Å². The van der Waals surface area contributed by atoms with Crippen molar-refractivity contribution in [1.82, 2.24) is 4.90 Å². The Labute approximate surface area is 114 Å². The predicted molar refractivity (Wildman–Crippen MR) is 74.6 cm³/mol. The van der Waals surface area contributed by atoms with Gasteiger partial charge in [-0.15, -0.1) is 0 Å². The number of phenolic OH excluding ortho intramolecular Hbond substituents is 1. The molecule has 4 nitrogen and oxygen atoms in total. The summed E-state index contributed by atoms with van der Waals surface area (Å²) in [5, 5.41) is 10.2. The van der Waals surface area contributed by atoms with E-state index >= 15 is 0 Å². The smallest absolute Gasteiger partial charge is 0.162 e. The molecule has 2 rings (SSSR count). The molecule has 0 atom stereocenters. The topological polar surface area (TPSA) is 41.9 Å². The van der Waals surface area contributed by atoms with Crippen LogP contribution in [0.1, 0.15) is 25.3 Å². The van der Waals surface area contributed by atoms with Crippen molar-refractivity contribution in [2.45, 2.75) is 32.4 Å². The number of hydrogen-bond acceptors (Lipinski definition) is 4. The van der Waals surface area contributed by atoms with E-state index in [1.807, 2.05) is 19.1 Å². The maximum Gasteiger partial charge on any atom is 0.162 e. The van der Waals surface area contributed by atoms with Gasteiger partial charge in [0.15, 0.2) is 11.5 Å². The largest absolute Gasteiger partial charge is 0.504 e. The summed E-state index contributed by atoms with van der Waals surface area (Å²) < 4.78 is 10.8. The lowest BCUT2D eigenvalue weighted by Gasteiger charge is -2.31. The third-order valence-electron chi connectivity index (χ3n) is 3.62. The van der Waals surface area contributed by atoms with Gasteiger partial charge >= 0.3 is 0 Å². The summed E-state index contributed by atoms with van der Waals surface area (Å²) in [5.74, 6) is 0.837. The van der Waals surface area contributed by atoms with E-state index in [-0.39, 0.29) is 5.75 Å². The van der Waals surface area contributed by atoms with Gasteiger partial charge in [0.25, 0.3) is 0 Å². The first-order chi connectivity index (χ1) is 9.22. The van der Waals surface area contributed by atoms with Gasteiger partial charge in [-0.25, -0.2) is 0 Å². The lowest BCUT2D eigenvalue weighted by molar-refractivity contribution is 0.0404. The molecule has 1 aliphatic heterocycles. The molecule has 106 valence electrons. The molecule has 0 spiro atoms. The summed E-state index contributed by atoms with van der Waals surface area (Å²) in [5.41, 5.74) is 0.917. The molecule has 1 fully saturated rings. The molecule has 1 aromatic carbocycles. The van der Waals surface area contributed by atoms with Crippen molar-refractivity contribution in [3.63, 3.8) is 0 Å². The molecule has 19 heavy (non-hydrogen) atoms. The van der Waals surface area contributed by atoms with Crippen molar-refractivity contribution in [2.75, 3.05) is 26.9 Å². The van der Waals surface area contributed by atoms with E-state index in [9.17, 15) is 5.11 Å². The number of nitrogens with zero attached hydrogens (tertiary/aromatic N) is 1. The summed E-state index contributed by atoms with van der Waals surface area (Å²) >= 11 is 0. The SMILES string of the molecule is CCOc1cccc(CN(C)C2CCOCC2)c1O. The van der Waals surface area contributed by atoms with E-state index in [0.717, 1.165) is 38.2 Å². The number of para-hydroxylation sites is 1. The van der Waals surface area contributed by atoms with Crippen LogP contribution in [0.2, 0.25) is 0 Å². The van der Waals surface area contributed by atoms with E-state index in [1.54, 1.807) is 6.07 Å². The Hall–Kier alpha value is -1.26. The molecule has 0 bridgehead atoms. The fourth-order valence-corrected chi connectivity index (χ4v) is 2.49. The van der Waals surface area contributed by atoms with Crippen LogP contribution in [0, 0.1) is 0 Å². The highest BCUT2D eigenvalue weighted by atomic mass is 16.5. The zero-order chi connectivity index (χ0) is 13.7. The second-order valence-corrected chi connectivity index (χ2v) is 4.96. The van der Waals surface area contributed by atoms with Crippen LogP contribution in [0.4, 0.5) is 0 Å². The Morgan fingerprint density at radius 3 is 2.79 bits per heavy atom. The summed E-state index contributed by atoms with van der Waals surface area (Å²) in [6.07, 6.45) is 2.12. The second-order valence-electron chi connectivity index (χ2n) is 4.96. The Balaban J connectivity index is 2.03. The molecule has 0 radical (unpaired) electrons. The number of benzene rings is 1. The molecular formula is C15H23NO3. The molecule has 1 N–H and O–H groups in total. The van der Waals surface area contributed by atoms with Crippen LogP contribution in [0.15, 0.2) is 18.2 Å². The van der Waals surface area contributed by atoms with Crippen molar-refractivity contribution in [2.24, 2.45) is 0 Å². The normalized spacial score (nSPS) is 16.8. The minimum atomic E-state index is 0.267. The second kappa shape index (κ2) is 6.78.